The maximum Gasteiger partial charge on any atom is 0.321 e. The average Bonchev–Trinajstić information content (AvgIpc) is 2.97. The molecular formula is C15H20FN3O4S. The number of hydrogen-bond acceptors (Lipinski definition) is 4. The van der Waals surface area contributed by atoms with Crippen LogP contribution in [0.25, 0.3) is 0 Å². The van der Waals surface area contributed by atoms with E-state index in [0.29, 0.717) is 32.8 Å². The van der Waals surface area contributed by atoms with Crippen LogP contribution in [0.5, 0.6) is 0 Å². The van der Waals surface area contributed by atoms with E-state index >= 15 is 0 Å². The molecule has 2 saturated heterocycles. The Morgan fingerprint density at radius 2 is 1.75 bits per heavy atom. The number of ether oxygens (including phenoxy) is 1. The number of nitrogens with zero attached hydrogens (tertiary/aromatic N) is 3. The first-order valence-corrected chi connectivity index (χ1v) is 9.26. The van der Waals surface area contributed by atoms with Crippen LogP contribution in [0, 0.1) is 5.82 Å². The first-order valence-electron chi connectivity index (χ1n) is 7.82. The molecule has 1 aromatic carbocycles. The Morgan fingerprint density at radius 1 is 1.12 bits per heavy atom. The quantitative estimate of drug-likeness (QED) is 0.790. The van der Waals surface area contributed by atoms with Crippen molar-refractivity contribution < 1.29 is 22.3 Å². The Balaban J connectivity index is 1.76. The van der Waals surface area contributed by atoms with E-state index in [-0.39, 0.29) is 17.5 Å². The zero-order valence-corrected chi connectivity index (χ0v) is 14.2. The highest BCUT2D eigenvalue weighted by molar-refractivity contribution is 7.89. The standard InChI is InChI=1S/C15H20FN3O4S/c1-12-18(15(20)17-8-10-23-11-9-17)6-7-19(12)24(21,22)14-4-2-13(16)3-5-14/h2-5,12H,6-11H2,1H3/t12-/m0/s1. The lowest BCUT2D eigenvalue weighted by Gasteiger charge is -2.33. The summed E-state index contributed by atoms with van der Waals surface area (Å²) in [6.45, 7) is 4.23. The summed E-state index contributed by atoms with van der Waals surface area (Å²) in [4.78, 5) is 15.8. The molecule has 9 heteroatoms. The van der Waals surface area contributed by atoms with Crippen molar-refractivity contribution in [3.8, 4) is 0 Å². The Kier molecular flexibility index (Phi) is 4.75. The van der Waals surface area contributed by atoms with E-state index in [1.165, 1.54) is 16.4 Å². The van der Waals surface area contributed by atoms with Crippen LogP contribution >= 0.6 is 0 Å². The van der Waals surface area contributed by atoms with E-state index < -0.39 is 22.0 Å². The van der Waals surface area contributed by atoms with Crippen molar-refractivity contribution in [2.75, 3.05) is 39.4 Å². The summed E-state index contributed by atoms with van der Waals surface area (Å²) in [5.74, 6) is -0.493. The molecule has 132 valence electrons. The number of halogens is 1. The number of morpholine rings is 1. The topological polar surface area (TPSA) is 70.2 Å². The van der Waals surface area contributed by atoms with Gasteiger partial charge in [-0.3, -0.25) is 0 Å². The number of carbonyl (C=O) groups excluding carboxylic acids is 1. The molecule has 7 nitrogen and oxygen atoms in total. The van der Waals surface area contributed by atoms with E-state index in [0.717, 1.165) is 12.1 Å². The summed E-state index contributed by atoms with van der Waals surface area (Å²) in [6, 6.07) is 4.53. The normalized spacial score (nSPS) is 22.8. The Hall–Kier alpha value is -1.71. The van der Waals surface area contributed by atoms with Crippen LogP contribution < -0.4 is 0 Å². The zero-order chi connectivity index (χ0) is 17.3. The minimum Gasteiger partial charge on any atom is -0.378 e. The number of sulfonamides is 1. The highest BCUT2D eigenvalue weighted by Crippen LogP contribution is 2.25. The summed E-state index contributed by atoms with van der Waals surface area (Å²) >= 11 is 0. The molecule has 0 spiro atoms. The summed E-state index contributed by atoms with van der Waals surface area (Å²) in [5.41, 5.74) is 0. The molecule has 2 amide bonds. The third kappa shape index (κ3) is 3.11. The lowest BCUT2D eigenvalue weighted by molar-refractivity contribution is 0.0410. The predicted molar refractivity (Wildman–Crippen MR) is 84.2 cm³/mol. The van der Waals surface area contributed by atoms with Gasteiger partial charge < -0.3 is 14.5 Å². The van der Waals surface area contributed by atoms with Crippen LogP contribution in [-0.4, -0.2) is 74.1 Å². The largest absolute Gasteiger partial charge is 0.378 e. The van der Waals surface area contributed by atoms with E-state index in [2.05, 4.69) is 0 Å². The van der Waals surface area contributed by atoms with Crippen LogP contribution in [-0.2, 0) is 14.8 Å². The van der Waals surface area contributed by atoms with Gasteiger partial charge >= 0.3 is 6.03 Å². The van der Waals surface area contributed by atoms with Gasteiger partial charge in [-0.1, -0.05) is 0 Å². The highest BCUT2D eigenvalue weighted by Gasteiger charge is 2.41. The Morgan fingerprint density at radius 3 is 2.38 bits per heavy atom. The third-order valence-electron chi connectivity index (χ3n) is 4.38. The molecule has 0 N–H and O–H groups in total. The molecule has 0 bridgehead atoms. The lowest BCUT2D eigenvalue weighted by atomic mass is 10.4. The van der Waals surface area contributed by atoms with Crippen molar-refractivity contribution in [2.24, 2.45) is 0 Å². The van der Waals surface area contributed by atoms with Crippen LogP contribution in [0.4, 0.5) is 9.18 Å². The number of carbonyl (C=O) groups is 1. The predicted octanol–water partition coefficient (Wildman–Crippen LogP) is 0.930. The first kappa shape index (κ1) is 17.1. The van der Waals surface area contributed by atoms with Gasteiger partial charge in [0.05, 0.1) is 24.3 Å². The van der Waals surface area contributed by atoms with E-state index in [4.69, 9.17) is 4.74 Å². The van der Waals surface area contributed by atoms with Crippen LogP contribution in [0.3, 0.4) is 0 Å². The van der Waals surface area contributed by atoms with Gasteiger partial charge in [0.15, 0.2) is 0 Å². The number of urea groups is 1. The number of benzene rings is 1. The van der Waals surface area contributed by atoms with Gasteiger partial charge in [0.1, 0.15) is 5.82 Å². The molecule has 0 saturated carbocycles. The fourth-order valence-corrected chi connectivity index (χ4v) is 4.58. The molecule has 0 aliphatic carbocycles. The average molecular weight is 357 g/mol. The van der Waals surface area contributed by atoms with E-state index in [1.54, 1.807) is 16.7 Å². The molecule has 1 atom stereocenters. The zero-order valence-electron chi connectivity index (χ0n) is 13.4. The molecule has 2 heterocycles. The second kappa shape index (κ2) is 6.66. The number of hydrogen-bond donors (Lipinski definition) is 0. The molecule has 0 unspecified atom stereocenters. The fourth-order valence-electron chi connectivity index (χ4n) is 2.99. The second-order valence-electron chi connectivity index (χ2n) is 5.78. The summed E-state index contributed by atoms with van der Waals surface area (Å²) in [5, 5.41) is 0. The van der Waals surface area contributed by atoms with Gasteiger partial charge in [0, 0.05) is 26.2 Å². The molecule has 2 aliphatic heterocycles. The van der Waals surface area contributed by atoms with Crippen LogP contribution in [0.2, 0.25) is 0 Å². The van der Waals surface area contributed by atoms with Crippen molar-refractivity contribution in [3.63, 3.8) is 0 Å². The second-order valence-corrected chi connectivity index (χ2v) is 7.67. The molecule has 2 fully saturated rings. The van der Waals surface area contributed by atoms with Crippen LogP contribution in [0.1, 0.15) is 6.92 Å². The fraction of sp³-hybridized carbons (Fsp3) is 0.533. The van der Waals surface area contributed by atoms with Gasteiger partial charge in [-0.05, 0) is 31.2 Å². The molecule has 0 aromatic heterocycles. The first-order chi connectivity index (χ1) is 11.4. The minimum atomic E-state index is -3.77. The minimum absolute atomic E-state index is 0.0245. The maximum atomic E-state index is 13.0. The molecule has 1 aromatic rings. The van der Waals surface area contributed by atoms with Crippen molar-refractivity contribution >= 4 is 16.1 Å². The van der Waals surface area contributed by atoms with Gasteiger partial charge in [-0.15, -0.1) is 0 Å². The summed E-state index contributed by atoms with van der Waals surface area (Å²) < 4.78 is 45.0. The molecule has 24 heavy (non-hydrogen) atoms. The Bertz CT molecular complexity index is 704. The number of rotatable bonds is 2. The van der Waals surface area contributed by atoms with Crippen molar-refractivity contribution in [3.05, 3.63) is 30.1 Å². The molecule has 2 aliphatic rings. The maximum absolute atomic E-state index is 13.0. The highest BCUT2D eigenvalue weighted by atomic mass is 32.2. The van der Waals surface area contributed by atoms with Gasteiger partial charge in [-0.25, -0.2) is 17.6 Å². The number of amides is 2. The lowest BCUT2D eigenvalue weighted by Crippen LogP contribution is -2.51. The monoisotopic (exact) mass is 357 g/mol. The van der Waals surface area contributed by atoms with Crippen molar-refractivity contribution in [1.82, 2.24) is 14.1 Å². The van der Waals surface area contributed by atoms with Crippen LogP contribution in [0.15, 0.2) is 29.2 Å². The van der Waals surface area contributed by atoms with Gasteiger partial charge in [0.25, 0.3) is 0 Å². The summed E-state index contributed by atoms with van der Waals surface area (Å²) in [6.07, 6.45) is -0.588. The van der Waals surface area contributed by atoms with Gasteiger partial charge in [-0.2, -0.15) is 4.31 Å². The summed E-state index contributed by atoms with van der Waals surface area (Å²) in [7, 11) is -3.77. The molecule has 3 rings (SSSR count). The van der Waals surface area contributed by atoms with E-state index in [9.17, 15) is 17.6 Å². The SMILES string of the molecule is C[C@H]1N(C(=O)N2CCOCC2)CCN1S(=O)(=O)c1ccc(F)cc1. The Labute approximate surface area is 140 Å². The van der Waals surface area contributed by atoms with Crippen molar-refractivity contribution in [1.29, 1.82) is 0 Å². The van der Waals surface area contributed by atoms with Gasteiger partial charge in [0.2, 0.25) is 10.0 Å². The van der Waals surface area contributed by atoms with E-state index in [1.807, 2.05) is 0 Å². The smallest absolute Gasteiger partial charge is 0.321 e. The van der Waals surface area contributed by atoms with Crippen molar-refractivity contribution in [2.45, 2.75) is 18.0 Å². The molecule has 0 radical (unpaired) electrons. The third-order valence-corrected chi connectivity index (χ3v) is 6.35. The molecular weight excluding hydrogens is 337 g/mol.